The lowest BCUT2D eigenvalue weighted by atomic mass is 10.1. The number of para-hydroxylation sites is 1. The van der Waals surface area contributed by atoms with Crippen LogP contribution in [0.15, 0.2) is 30.7 Å². The number of hydrogen-bond donors (Lipinski definition) is 1. The van der Waals surface area contributed by atoms with Gasteiger partial charge in [-0.1, -0.05) is 19.1 Å². The number of aryl methyl sites for hydroxylation is 1. The lowest BCUT2D eigenvalue weighted by molar-refractivity contribution is 0.471. The molecule has 0 atom stereocenters. The van der Waals surface area contributed by atoms with E-state index in [4.69, 9.17) is 4.74 Å². The zero-order chi connectivity index (χ0) is 8.39. The van der Waals surface area contributed by atoms with E-state index in [0.717, 1.165) is 17.9 Å². The molecule has 2 heteroatoms. The van der Waals surface area contributed by atoms with Crippen LogP contribution in [0.3, 0.4) is 0 Å². The zero-order valence-electron chi connectivity index (χ0n) is 7.00. The number of rotatable bonds is 1. The van der Waals surface area contributed by atoms with E-state index in [-0.39, 0.29) is 0 Å². The van der Waals surface area contributed by atoms with Crippen molar-refractivity contribution in [3.8, 4) is 5.75 Å². The fourth-order valence-corrected chi connectivity index (χ4v) is 1.34. The van der Waals surface area contributed by atoms with Gasteiger partial charge in [0.15, 0.2) is 5.75 Å². The van der Waals surface area contributed by atoms with Gasteiger partial charge in [-0.15, -0.1) is 0 Å². The molecule has 0 saturated carbocycles. The highest BCUT2D eigenvalue weighted by molar-refractivity contribution is 5.63. The van der Waals surface area contributed by atoms with Crippen molar-refractivity contribution in [1.29, 1.82) is 0 Å². The van der Waals surface area contributed by atoms with Crippen LogP contribution in [0.4, 0.5) is 5.69 Å². The van der Waals surface area contributed by atoms with Crippen LogP contribution in [-0.2, 0) is 6.42 Å². The number of anilines is 1. The van der Waals surface area contributed by atoms with Crippen LogP contribution in [0.25, 0.3) is 0 Å². The first-order valence-corrected chi connectivity index (χ1v) is 4.12. The standard InChI is InChI=1S/C10H11NO/c1-2-8-4-3-5-9-10(8)12-7-6-11-9/h3-7,11H,2H2,1H3. The Labute approximate surface area is 71.9 Å². The minimum Gasteiger partial charge on any atom is -0.461 e. The van der Waals surface area contributed by atoms with Gasteiger partial charge >= 0.3 is 0 Å². The van der Waals surface area contributed by atoms with Crippen molar-refractivity contribution < 1.29 is 4.74 Å². The number of ether oxygens (including phenoxy) is 1. The van der Waals surface area contributed by atoms with E-state index >= 15 is 0 Å². The highest BCUT2D eigenvalue weighted by Gasteiger charge is 2.08. The van der Waals surface area contributed by atoms with E-state index in [2.05, 4.69) is 18.3 Å². The quantitative estimate of drug-likeness (QED) is 0.683. The molecule has 1 aromatic carbocycles. The largest absolute Gasteiger partial charge is 0.461 e. The summed E-state index contributed by atoms with van der Waals surface area (Å²) in [6.45, 7) is 2.12. The summed E-state index contributed by atoms with van der Waals surface area (Å²) >= 11 is 0. The van der Waals surface area contributed by atoms with Crippen LogP contribution in [0.1, 0.15) is 12.5 Å². The number of fused-ring (bicyclic) bond motifs is 1. The second-order valence-electron chi connectivity index (χ2n) is 2.71. The summed E-state index contributed by atoms with van der Waals surface area (Å²) in [6, 6.07) is 6.13. The molecule has 1 N–H and O–H groups in total. The molecule has 1 aromatic rings. The van der Waals surface area contributed by atoms with Crippen molar-refractivity contribution in [2.24, 2.45) is 0 Å². The maximum Gasteiger partial charge on any atom is 0.153 e. The van der Waals surface area contributed by atoms with E-state index in [1.165, 1.54) is 5.56 Å². The van der Waals surface area contributed by atoms with Gasteiger partial charge in [0.25, 0.3) is 0 Å². The molecular weight excluding hydrogens is 150 g/mol. The third-order valence-electron chi connectivity index (χ3n) is 1.97. The summed E-state index contributed by atoms with van der Waals surface area (Å²) in [6.07, 6.45) is 4.46. The molecule has 0 spiro atoms. The molecule has 0 amide bonds. The van der Waals surface area contributed by atoms with Gasteiger partial charge in [-0.25, -0.2) is 0 Å². The molecule has 0 radical (unpaired) electrons. The third kappa shape index (κ3) is 1.05. The fraction of sp³-hybridized carbons (Fsp3) is 0.200. The molecule has 2 rings (SSSR count). The highest BCUT2D eigenvalue weighted by atomic mass is 16.5. The van der Waals surface area contributed by atoms with E-state index in [1.807, 2.05) is 12.1 Å². The summed E-state index contributed by atoms with van der Waals surface area (Å²) < 4.78 is 5.40. The molecule has 0 saturated heterocycles. The van der Waals surface area contributed by atoms with Crippen molar-refractivity contribution >= 4 is 5.69 Å². The molecule has 2 nitrogen and oxygen atoms in total. The van der Waals surface area contributed by atoms with Crippen molar-refractivity contribution in [3.63, 3.8) is 0 Å². The van der Waals surface area contributed by atoms with Crippen molar-refractivity contribution in [2.45, 2.75) is 13.3 Å². The lowest BCUT2D eigenvalue weighted by Gasteiger charge is -2.15. The van der Waals surface area contributed by atoms with Gasteiger partial charge in [-0.05, 0) is 18.1 Å². The topological polar surface area (TPSA) is 21.3 Å². The van der Waals surface area contributed by atoms with E-state index < -0.39 is 0 Å². The van der Waals surface area contributed by atoms with Crippen LogP contribution < -0.4 is 10.1 Å². The maximum absolute atomic E-state index is 5.40. The number of nitrogens with one attached hydrogen (secondary N) is 1. The third-order valence-corrected chi connectivity index (χ3v) is 1.97. The van der Waals surface area contributed by atoms with E-state index in [0.29, 0.717) is 0 Å². The van der Waals surface area contributed by atoms with Gasteiger partial charge in [0.1, 0.15) is 6.26 Å². The summed E-state index contributed by atoms with van der Waals surface area (Å²) in [5.41, 5.74) is 2.29. The Morgan fingerprint density at radius 3 is 3.17 bits per heavy atom. The molecule has 0 aliphatic carbocycles. The average Bonchev–Trinajstić information content (AvgIpc) is 2.17. The van der Waals surface area contributed by atoms with Gasteiger partial charge in [-0.2, -0.15) is 0 Å². The lowest BCUT2D eigenvalue weighted by Crippen LogP contribution is -2.01. The Kier molecular flexibility index (Phi) is 1.74. The monoisotopic (exact) mass is 161 g/mol. The van der Waals surface area contributed by atoms with E-state index in [1.54, 1.807) is 12.5 Å². The molecule has 0 aromatic heterocycles. The van der Waals surface area contributed by atoms with Crippen LogP contribution in [0.5, 0.6) is 5.75 Å². The smallest absolute Gasteiger partial charge is 0.153 e. The normalized spacial score (nSPS) is 13.1. The Morgan fingerprint density at radius 1 is 1.42 bits per heavy atom. The minimum atomic E-state index is 0.961. The Hall–Kier alpha value is -1.44. The van der Waals surface area contributed by atoms with Gasteiger partial charge in [0.05, 0.1) is 5.69 Å². The van der Waals surface area contributed by atoms with Crippen molar-refractivity contribution in [2.75, 3.05) is 5.32 Å². The molecule has 1 aliphatic rings. The average molecular weight is 161 g/mol. The fourth-order valence-electron chi connectivity index (χ4n) is 1.34. The van der Waals surface area contributed by atoms with Crippen molar-refractivity contribution in [3.05, 3.63) is 36.2 Å². The maximum atomic E-state index is 5.40. The molecule has 0 fully saturated rings. The Balaban J connectivity index is 2.48. The molecular formula is C10H11NO. The summed E-state index contributed by atoms with van der Waals surface area (Å²) in [5, 5.41) is 3.13. The Bertz CT molecular complexity index is 318. The molecule has 1 heterocycles. The van der Waals surface area contributed by atoms with Crippen LogP contribution in [0.2, 0.25) is 0 Å². The van der Waals surface area contributed by atoms with Crippen LogP contribution in [-0.4, -0.2) is 0 Å². The van der Waals surface area contributed by atoms with Crippen LogP contribution >= 0.6 is 0 Å². The summed E-state index contributed by atoms with van der Waals surface area (Å²) in [7, 11) is 0. The van der Waals surface area contributed by atoms with E-state index in [9.17, 15) is 0 Å². The van der Waals surface area contributed by atoms with Gasteiger partial charge < -0.3 is 10.1 Å². The van der Waals surface area contributed by atoms with Crippen molar-refractivity contribution in [1.82, 2.24) is 0 Å². The SMILES string of the molecule is CCc1cccc2c1OC=CN2. The number of hydrogen-bond acceptors (Lipinski definition) is 2. The first kappa shape index (κ1) is 7.22. The first-order chi connectivity index (χ1) is 5.92. The highest BCUT2D eigenvalue weighted by Crippen LogP contribution is 2.31. The predicted octanol–water partition coefficient (Wildman–Crippen LogP) is 2.52. The van der Waals surface area contributed by atoms with Gasteiger partial charge in [0, 0.05) is 6.20 Å². The molecule has 0 bridgehead atoms. The zero-order valence-corrected chi connectivity index (χ0v) is 7.00. The second kappa shape index (κ2) is 2.89. The van der Waals surface area contributed by atoms with Crippen LogP contribution in [0, 0.1) is 0 Å². The minimum absolute atomic E-state index is 0.961. The first-order valence-electron chi connectivity index (χ1n) is 4.12. The Morgan fingerprint density at radius 2 is 2.33 bits per heavy atom. The molecule has 12 heavy (non-hydrogen) atoms. The number of benzene rings is 1. The summed E-state index contributed by atoms with van der Waals surface area (Å²) in [5.74, 6) is 0.961. The molecule has 1 aliphatic heterocycles. The second-order valence-corrected chi connectivity index (χ2v) is 2.71. The predicted molar refractivity (Wildman–Crippen MR) is 49.2 cm³/mol. The molecule has 0 unspecified atom stereocenters. The summed E-state index contributed by atoms with van der Waals surface area (Å²) in [4.78, 5) is 0. The molecule has 62 valence electrons. The van der Waals surface area contributed by atoms with Gasteiger partial charge in [-0.3, -0.25) is 0 Å². The van der Waals surface area contributed by atoms with Gasteiger partial charge in [0.2, 0.25) is 0 Å².